The Morgan fingerprint density at radius 1 is 1.27 bits per heavy atom. The summed E-state index contributed by atoms with van der Waals surface area (Å²) in [5.74, 6) is 3.28. The fourth-order valence-corrected chi connectivity index (χ4v) is 4.26. The fourth-order valence-electron chi connectivity index (χ4n) is 4.26. The lowest BCUT2D eigenvalue weighted by molar-refractivity contribution is -0.130. The summed E-state index contributed by atoms with van der Waals surface area (Å²) in [7, 11) is 2.12. The number of likely N-dealkylation sites (tertiary alicyclic amines) is 1. The van der Waals surface area contributed by atoms with Crippen molar-refractivity contribution in [2.75, 3.05) is 25.0 Å². The number of rotatable bonds is 4. The van der Waals surface area contributed by atoms with Crippen LogP contribution in [0.25, 0.3) is 0 Å². The van der Waals surface area contributed by atoms with Gasteiger partial charge in [-0.05, 0) is 37.5 Å². The molecule has 3 aliphatic rings. The van der Waals surface area contributed by atoms with Crippen LogP contribution < -0.4 is 4.90 Å². The zero-order valence-corrected chi connectivity index (χ0v) is 13.2. The van der Waals surface area contributed by atoms with Gasteiger partial charge in [0.25, 0.3) is 0 Å². The van der Waals surface area contributed by atoms with Crippen LogP contribution in [0.1, 0.15) is 32.1 Å². The van der Waals surface area contributed by atoms with E-state index in [0.29, 0.717) is 29.7 Å². The molecule has 0 unspecified atom stereocenters. The second-order valence-electron chi connectivity index (χ2n) is 7.19. The number of anilines is 1. The van der Waals surface area contributed by atoms with Gasteiger partial charge in [-0.25, -0.2) is 4.98 Å². The Kier molecular flexibility index (Phi) is 3.51. The summed E-state index contributed by atoms with van der Waals surface area (Å²) >= 11 is 0. The summed E-state index contributed by atoms with van der Waals surface area (Å²) in [4.78, 5) is 25.4. The first-order chi connectivity index (χ1) is 10.7. The van der Waals surface area contributed by atoms with Crippen molar-refractivity contribution in [2.24, 2.45) is 17.8 Å². The van der Waals surface area contributed by atoms with E-state index in [1.165, 1.54) is 25.7 Å². The maximum Gasteiger partial charge on any atom is 0.222 e. The van der Waals surface area contributed by atoms with Gasteiger partial charge in [0.1, 0.15) is 5.82 Å². The molecule has 1 aromatic heterocycles. The topological polar surface area (TPSA) is 49.3 Å². The molecule has 1 saturated heterocycles. The van der Waals surface area contributed by atoms with Crippen molar-refractivity contribution in [1.82, 2.24) is 14.9 Å². The lowest BCUT2D eigenvalue weighted by Crippen LogP contribution is -2.39. The summed E-state index contributed by atoms with van der Waals surface area (Å²) in [6.07, 6.45) is 11.0. The Morgan fingerprint density at radius 2 is 2.14 bits per heavy atom. The van der Waals surface area contributed by atoms with Gasteiger partial charge < -0.3 is 9.80 Å². The van der Waals surface area contributed by atoms with Crippen LogP contribution in [0.2, 0.25) is 0 Å². The highest BCUT2D eigenvalue weighted by atomic mass is 16.2. The molecule has 0 N–H and O–H groups in total. The molecule has 0 aromatic carbocycles. The lowest BCUT2D eigenvalue weighted by atomic mass is 9.97. The van der Waals surface area contributed by atoms with Crippen LogP contribution in [-0.4, -0.2) is 47.0 Å². The molecule has 3 fully saturated rings. The van der Waals surface area contributed by atoms with E-state index in [9.17, 15) is 4.79 Å². The molecule has 0 radical (unpaired) electrons. The maximum absolute atomic E-state index is 12.4. The highest BCUT2D eigenvalue weighted by Gasteiger charge is 2.46. The minimum absolute atomic E-state index is 0.387. The first-order valence-corrected chi connectivity index (χ1v) is 8.49. The fraction of sp³-hybridized carbons (Fsp3) is 0.706. The molecule has 5 nitrogen and oxygen atoms in total. The van der Waals surface area contributed by atoms with Crippen LogP contribution in [0.5, 0.6) is 0 Å². The van der Waals surface area contributed by atoms with Crippen LogP contribution in [0.15, 0.2) is 18.6 Å². The normalized spacial score (nSPS) is 30.4. The summed E-state index contributed by atoms with van der Waals surface area (Å²) in [5.41, 5.74) is 0. The van der Waals surface area contributed by atoms with E-state index >= 15 is 0 Å². The van der Waals surface area contributed by atoms with Gasteiger partial charge in [-0.2, -0.15) is 0 Å². The molecule has 3 atom stereocenters. The monoisotopic (exact) mass is 300 g/mol. The summed E-state index contributed by atoms with van der Waals surface area (Å²) < 4.78 is 0. The van der Waals surface area contributed by atoms with Gasteiger partial charge in [-0.15, -0.1) is 0 Å². The number of nitrogens with zero attached hydrogens (tertiary/aromatic N) is 4. The van der Waals surface area contributed by atoms with E-state index in [2.05, 4.69) is 26.8 Å². The highest BCUT2D eigenvalue weighted by molar-refractivity contribution is 5.77. The van der Waals surface area contributed by atoms with E-state index in [-0.39, 0.29) is 0 Å². The molecule has 1 aliphatic heterocycles. The SMILES string of the molecule is CN(c1cnccn1)[C@@H]1CC[C@@H]2CN(C(=O)CC3CC3)C[C@@H]21. The molecule has 2 aliphatic carbocycles. The van der Waals surface area contributed by atoms with Crippen LogP contribution in [-0.2, 0) is 4.79 Å². The van der Waals surface area contributed by atoms with Crippen molar-refractivity contribution in [3.05, 3.63) is 18.6 Å². The Labute approximate surface area is 131 Å². The Hall–Kier alpha value is -1.65. The number of amides is 1. The van der Waals surface area contributed by atoms with E-state index in [1.54, 1.807) is 12.4 Å². The van der Waals surface area contributed by atoms with E-state index in [4.69, 9.17) is 0 Å². The number of fused-ring (bicyclic) bond motifs is 1. The van der Waals surface area contributed by atoms with Crippen molar-refractivity contribution >= 4 is 11.7 Å². The van der Waals surface area contributed by atoms with Gasteiger partial charge in [-0.3, -0.25) is 9.78 Å². The first-order valence-electron chi connectivity index (χ1n) is 8.49. The second kappa shape index (κ2) is 5.52. The molecule has 22 heavy (non-hydrogen) atoms. The van der Waals surface area contributed by atoms with Crippen molar-refractivity contribution < 1.29 is 4.79 Å². The minimum Gasteiger partial charge on any atom is -0.355 e. The van der Waals surface area contributed by atoms with Crippen LogP contribution in [0.3, 0.4) is 0 Å². The molecule has 1 amide bonds. The lowest BCUT2D eigenvalue weighted by Gasteiger charge is -2.30. The van der Waals surface area contributed by atoms with Crippen molar-refractivity contribution in [3.8, 4) is 0 Å². The minimum atomic E-state index is 0.387. The second-order valence-corrected chi connectivity index (χ2v) is 7.19. The van der Waals surface area contributed by atoms with Crippen molar-refractivity contribution in [1.29, 1.82) is 0 Å². The average Bonchev–Trinajstić information content (AvgIpc) is 3.11. The van der Waals surface area contributed by atoms with Crippen LogP contribution in [0, 0.1) is 17.8 Å². The average molecular weight is 300 g/mol. The van der Waals surface area contributed by atoms with Gasteiger partial charge in [0.05, 0.1) is 6.20 Å². The predicted molar refractivity (Wildman–Crippen MR) is 84.4 cm³/mol. The standard InChI is InChI=1S/C17H24N4O/c1-20(16-9-18-6-7-19-16)15-5-4-13-10-21(11-14(13)15)17(22)8-12-2-3-12/h6-7,9,12-15H,2-5,8,10-11H2,1H3/t13-,14+,15-/m1/s1. The number of aromatic nitrogens is 2. The summed E-state index contributed by atoms with van der Waals surface area (Å²) in [5, 5.41) is 0. The summed E-state index contributed by atoms with van der Waals surface area (Å²) in [6, 6.07) is 0.487. The predicted octanol–water partition coefficient (Wildman–Crippen LogP) is 1.95. The Balaban J connectivity index is 1.42. The Morgan fingerprint density at radius 3 is 2.86 bits per heavy atom. The Bertz CT molecular complexity index is 545. The molecule has 1 aromatic rings. The zero-order valence-electron chi connectivity index (χ0n) is 13.2. The maximum atomic E-state index is 12.4. The molecule has 0 spiro atoms. The number of carbonyl (C=O) groups excluding carboxylic acids is 1. The largest absolute Gasteiger partial charge is 0.355 e. The number of carbonyl (C=O) groups is 1. The number of hydrogen-bond acceptors (Lipinski definition) is 4. The quantitative estimate of drug-likeness (QED) is 0.853. The van der Waals surface area contributed by atoms with Gasteiger partial charge in [0, 0.05) is 50.9 Å². The van der Waals surface area contributed by atoms with Crippen LogP contribution >= 0.6 is 0 Å². The molecule has 118 valence electrons. The van der Waals surface area contributed by atoms with Gasteiger partial charge >= 0.3 is 0 Å². The van der Waals surface area contributed by atoms with E-state index < -0.39 is 0 Å². The van der Waals surface area contributed by atoms with Gasteiger partial charge in [0.2, 0.25) is 5.91 Å². The van der Waals surface area contributed by atoms with Crippen molar-refractivity contribution in [2.45, 2.75) is 38.1 Å². The van der Waals surface area contributed by atoms with Gasteiger partial charge in [-0.1, -0.05) is 0 Å². The first kappa shape index (κ1) is 14.0. The third-order valence-corrected chi connectivity index (χ3v) is 5.74. The third kappa shape index (κ3) is 2.57. The summed E-state index contributed by atoms with van der Waals surface area (Å²) in [6.45, 7) is 1.91. The molecule has 5 heteroatoms. The van der Waals surface area contributed by atoms with E-state index in [1.807, 2.05) is 6.20 Å². The zero-order chi connectivity index (χ0) is 15.1. The molecule has 4 rings (SSSR count). The number of hydrogen-bond donors (Lipinski definition) is 0. The molecular weight excluding hydrogens is 276 g/mol. The highest BCUT2D eigenvalue weighted by Crippen LogP contribution is 2.42. The third-order valence-electron chi connectivity index (χ3n) is 5.74. The van der Waals surface area contributed by atoms with Crippen molar-refractivity contribution in [3.63, 3.8) is 0 Å². The molecule has 2 heterocycles. The molecular formula is C17H24N4O. The molecule has 2 saturated carbocycles. The molecule has 0 bridgehead atoms. The van der Waals surface area contributed by atoms with Crippen LogP contribution in [0.4, 0.5) is 5.82 Å². The van der Waals surface area contributed by atoms with Gasteiger partial charge in [0.15, 0.2) is 0 Å². The smallest absolute Gasteiger partial charge is 0.222 e. The van der Waals surface area contributed by atoms with E-state index in [0.717, 1.165) is 25.3 Å².